The lowest BCUT2D eigenvalue weighted by Gasteiger charge is -2.19. The van der Waals surface area contributed by atoms with E-state index in [4.69, 9.17) is 9.21 Å². The van der Waals surface area contributed by atoms with Gasteiger partial charge in [-0.3, -0.25) is 0 Å². The van der Waals surface area contributed by atoms with E-state index in [-0.39, 0.29) is 5.56 Å². The Balaban J connectivity index is 0.000000709. The minimum atomic E-state index is -1.20. The molecule has 0 saturated heterocycles. The summed E-state index contributed by atoms with van der Waals surface area (Å²) in [5, 5.41) is 13.7. The molecule has 33 heavy (non-hydrogen) atoms. The second kappa shape index (κ2) is 9.44. The smallest absolute Gasteiger partial charge is 0.309 e. The molecule has 4 rings (SSSR count). The highest BCUT2D eigenvalue weighted by Crippen LogP contribution is 2.41. The summed E-state index contributed by atoms with van der Waals surface area (Å²) in [6.07, 6.45) is 0. The van der Waals surface area contributed by atoms with Crippen LogP contribution in [0.2, 0.25) is 0 Å². The Morgan fingerprint density at radius 1 is 0.939 bits per heavy atom. The maximum absolute atomic E-state index is 11.8. The van der Waals surface area contributed by atoms with E-state index in [0.29, 0.717) is 16.9 Å². The first-order chi connectivity index (χ1) is 15.6. The Hall–Kier alpha value is -4.33. The average molecular weight is 447 g/mol. The van der Waals surface area contributed by atoms with Crippen LogP contribution in [0.15, 0.2) is 65.1 Å². The molecule has 170 valence electrons. The van der Waals surface area contributed by atoms with E-state index >= 15 is 0 Å². The second-order valence-corrected chi connectivity index (χ2v) is 7.86. The zero-order chi connectivity index (χ0) is 24.3. The topological polar surface area (TPSA) is 129 Å². The highest BCUT2D eigenvalue weighted by molar-refractivity contribution is 6.07. The van der Waals surface area contributed by atoms with Gasteiger partial charge in [-0.2, -0.15) is 0 Å². The number of carbonyl (C=O) groups excluding carboxylic acids is 2. The fourth-order valence-corrected chi connectivity index (χ4v) is 3.59. The number of carbonyl (C=O) groups is 2. The van der Waals surface area contributed by atoms with Crippen LogP contribution in [0.1, 0.15) is 10.4 Å². The van der Waals surface area contributed by atoms with Gasteiger partial charge in [0.15, 0.2) is 0 Å². The number of rotatable bonds is 3. The van der Waals surface area contributed by atoms with Crippen LogP contribution in [0.25, 0.3) is 33.4 Å². The molecule has 0 saturated carbocycles. The number of carboxylic acids is 1. The van der Waals surface area contributed by atoms with E-state index in [1.165, 1.54) is 0 Å². The summed E-state index contributed by atoms with van der Waals surface area (Å²) in [6.45, 7) is 0. The Kier molecular flexibility index (Phi) is 6.67. The van der Waals surface area contributed by atoms with Crippen molar-refractivity contribution in [1.82, 2.24) is 4.58 Å². The van der Waals surface area contributed by atoms with Gasteiger partial charge in [0.2, 0.25) is 5.36 Å². The van der Waals surface area contributed by atoms with E-state index in [2.05, 4.69) is 11.5 Å². The molecule has 8 nitrogen and oxygen atoms in total. The number of benzene rings is 3. The van der Waals surface area contributed by atoms with Gasteiger partial charge in [-0.1, -0.05) is 24.3 Å². The quantitative estimate of drug-likeness (QED) is 0.366. The molecule has 0 unspecified atom stereocenters. The molecular formula is C25H26N4O4. The third-order valence-electron chi connectivity index (χ3n) is 5.14. The molecule has 0 bridgehead atoms. The maximum Gasteiger partial charge on any atom is 0.309 e. The van der Waals surface area contributed by atoms with Gasteiger partial charge in [0.1, 0.15) is 25.4 Å². The predicted molar refractivity (Wildman–Crippen MR) is 128 cm³/mol. The summed E-state index contributed by atoms with van der Waals surface area (Å²) >= 11 is 0. The number of hydrogen-bond donors (Lipinski definition) is 2. The van der Waals surface area contributed by atoms with Crippen LogP contribution < -0.4 is 31.4 Å². The van der Waals surface area contributed by atoms with Crippen LogP contribution in [0.5, 0.6) is 0 Å². The van der Waals surface area contributed by atoms with Crippen molar-refractivity contribution >= 4 is 28.7 Å². The molecule has 1 heterocycles. The summed E-state index contributed by atoms with van der Waals surface area (Å²) in [6, 6.07) is 18.0. The first-order valence-corrected chi connectivity index (χ1v) is 10.1. The number of carboxylic acid groups (broad SMARTS) is 1. The van der Waals surface area contributed by atoms with E-state index in [0.717, 1.165) is 27.6 Å². The maximum atomic E-state index is 11.8. The number of urea groups is 1. The Morgan fingerprint density at radius 3 is 2.21 bits per heavy atom. The predicted octanol–water partition coefficient (Wildman–Crippen LogP) is 1.69. The van der Waals surface area contributed by atoms with Crippen LogP contribution in [-0.4, -0.2) is 40.2 Å². The molecule has 1 aliphatic carbocycles. The van der Waals surface area contributed by atoms with Crippen molar-refractivity contribution in [2.45, 2.75) is 0 Å². The first kappa shape index (κ1) is 23.3. The molecule has 4 N–H and O–H groups in total. The minimum Gasteiger partial charge on any atom is -0.545 e. The van der Waals surface area contributed by atoms with Gasteiger partial charge in [0, 0.05) is 54.0 Å². The third-order valence-corrected chi connectivity index (χ3v) is 5.14. The number of anilines is 1. The first-order valence-electron chi connectivity index (χ1n) is 10.1. The molecule has 2 aliphatic rings. The van der Waals surface area contributed by atoms with Crippen molar-refractivity contribution in [3.8, 4) is 22.5 Å². The van der Waals surface area contributed by atoms with Crippen molar-refractivity contribution in [1.29, 1.82) is 0 Å². The fraction of sp³-hybridized carbons (Fsp3) is 0.160. The van der Waals surface area contributed by atoms with Gasteiger partial charge in [-0.05, 0) is 23.8 Å². The van der Waals surface area contributed by atoms with Crippen molar-refractivity contribution in [3.63, 3.8) is 0 Å². The molecule has 0 atom stereocenters. The zero-order valence-electron chi connectivity index (χ0n) is 19.0. The summed E-state index contributed by atoms with van der Waals surface area (Å²) in [7, 11) is 7.88. The van der Waals surface area contributed by atoms with Crippen LogP contribution >= 0.6 is 0 Å². The molecule has 0 aromatic heterocycles. The largest absolute Gasteiger partial charge is 0.545 e. The van der Waals surface area contributed by atoms with Crippen LogP contribution in [-0.2, 0) is 0 Å². The van der Waals surface area contributed by atoms with Crippen molar-refractivity contribution in [2.75, 3.05) is 33.1 Å². The number of hydrogen-bond acceptors (Lipinski definition) is 5. The second-order valence-electron chi connectivity index (χ2n) is 7.86. The summed E-state index contributed by atoms with van der Waals surface area (Å²) < 4.78 is 8.28. The van der Waals surface area contributed by atoms with Crippen LogP contribution in [0.3, 0.4) is 0 Å². The highest BCUT2D eigenvalue weighted by atomic mass is 16.4. The van der Waals surface area contributed by atoms with E-state index < -0.39 is 12.0 Å². The van der Waals surface area contributed by atoms with Gasteiger partial charge in [0.25, 0.3) is 0 Å². The lowest BCUT2D eigenvalue weighted by molar-refractivity contribution is -0.254. The van der Waals surface area contributed by atoms with E-state index in [1.54, 1.807) is 12.1 Å². The molecule has 2 aromatic carbocycles. The molecule has 2 amide bonds. The van der Waals surface area contributed by atoms with Crippen molar-refractivity contribution in [2.24, 2.45) is 11.5 Å². The van der Waals surface area contributed by atoms with Gasteiger partial charge in [0.05, 0.1) is 12.0 Å². The van der Waals surface area contributed by atoms with E-state index in [9.17, 15) is 9.90 Å². The molecule has 8 heteroatoms. The molecular weight excluding hydrogens is 420 g/mol. The number of aromatic carboxylic acids is 1. The normalized spacial score (nSPS) is 10.4. The van der Waals surface area contributed by atoms with Gasteiger partial charge in [-0.15, -0.1) is 0 Å². The number of nitrogens with zero attached hydrogens (tertiary/aromatic N) is 2. The summed E-state index contributed by atoms with van der Waals surface area (Å²) in [5.74, 6) is -0.500. The molecule has 1 aliphatic heterocycles. The Morgan fingerprint density at radius 2 is 1.61 bits per heavy atom. The lowest BCUT2D eigenvalue weighted by Crippen LogP contribution is -2.23. The standard InChI is InChI=1S/C24H22N2O3.CH4N2O/c1-25(2)15-9-11-19-21(13-15)29-22-14-16(26(3)4)10-12-20(22)23(19)17-7-5-6-8-18(17)24(27)28;2-1(3)4/h5-14H,1-4H3;(H4,2,3,4). The van der Waals surface area contributed by atoms with E-state index in [1.807, 2.05) is 86.2 Å². The monoisotopic (exact) mass is 446 g/mol. The van der Waals surface area contributed by atoms with Crippen molar-refractivity contribution in [3.05, 3.63) is 71.6 Å². The number of nitrogens with two attached hydrogens (primary N) is 2. The molecule has 0 radical (unpaired) electrons. The zero-order valence-corrected chi connectivity index (χ0v) is 19.0. The number of amides is 2. The van der Waals surface area contributed by atoms with Gasteiger partial charge < -0.3 is 30.7 Å². The SMILES string of the molecule is CN(C)c1ccc2c(-c3ccccc3C(=O)[O-])c3ccc(=[N+](C)C)cc-3oc2c1.NC(N)=O. The van der Waals surface area contributed by atoms with Crippen LogP contribution in [0.4, 0.5) is 10.5 Å². The lowest BCUT2D eigenvalue weighted by atomic mass is 9.90. The number of primary amides is 2. The average Bonchev–Trinajstić information content (AvgIpc) is 2.76. The van der Waals surface area contributed by atoms with Gasteiger partial charge >= 0.3 is 6.03 Å². The fourth-order valence-electron chi connectivity index (χ4n) is 3.59. The molecule has 0 spiro atoms. The highest BCUT2D eigenvalue weighted by Gasteiger charge is 2.20. The number of fused-ring (bicyclic) bond motifs is 2. The minimum absolute atomic E-state index is 0.162. The summed E-state index contributed by atoms with van der Waals surface area (Å²) in [4.78, 5) is 22.8. The molecule has 2 aromatic rings. The van der Waals surface area contributed by atoms with Crippen LogP contribution in [0, 0.1) is 0 Å². The van der Waals surface area contributed by atoms with Gasteiger partial charge in [-0.25, -0.2) is 9.37 Å². The molecule has 0 fully saturated rings. The summed E-state index contributed by atoms with van der Waals surface area (Å²) in [5.41, 5.74) is 12.7. The Bertz CT molecular complexity index is 1380. The Labute approximate surface area is 191 Å². The van der Waals surface area contributed by atoms with Crippen molar-refractivity contribution < 1.29 is 19.1 Å². The third kappa shape index (κ3) is 4.95.